The number of carbonyl (C=O) groups excluding carboxylic acids is 2. The van der Waals surface area contributed by atoms with Crippen LogP contribution < -0.4 is 9.47 Å². The number of para-hydroxylation sites is 1. The van der Waals surface area contributed by atoms with E-state index in [0.29, 0.717) is 16.8 Å². The first kappa shape index (κ1) is 17.0. The Morgan fingerprint density at radius 2 is 1.74 bits per heavy atom. The molecule has 0 N–H and O–H groups in total. The standard InChI is InChI=1S/C17H15BrO5/c1-3-22-14-9-8-11(18)10-13(14)17(20)23-15-7-5-4-6-12(15)16(19)21-2/h4-10H,3H2,1-2H3. The highest BCUT2D eigenvalue weighted by molar-refractivity contribution is 9.10. The maximum Gasteiger partial charge on any atom is 0.347 e. The molecule has 0 aliphatic carbocycles. The number of benzene rings is 2. The Kier molecular flexibility index (Phi) is 5.76. The Morgan fingerprint density at radius 3 is 2.43 bits per heavy atom. The van der Waals surface area contributed by atoms with Crippen LogP contribution in [0.5, 0.6) is 11.5 Å². The van der Waals surface area contributed by atoms with Crippen LogP contribution in [0, 0.1) is 0 Å². The second-order valence-corrected chi connectivity index (χ2v) is 5.37. The van der Waals surface area contributed by atoms with E-state index in [1.54, 1.807) is 30.3 Å². The average molecular weight is 379 g/mol. The minimum Gasteiger partial charge on any atom is -0.493 e. The average Bonchev–Trinajstić information content (AvgIpc) is 2.56. The summed E-state index contributed by atoms with van der Waals surface area (Å²) >= 11 is 3.31. The number of hydrogen-bond acceptors (Lipinski definition) is 5. The molecule has 0 saturated heterocycles. The van der Waals surface area contributed by atoms with Crippen molar-refractivity contribution in [3.8, 4) is 11.5 Å². The predicted molar refractivity (Wildman–Crippen MR) is 88.1 cm³/mol. The first-order chi connectivity index (χ1) is 11.1. The molecular formula is C17H15BrO5. The molecule has 0 unspecified atom stereocenters. The fourth-order valence-electron chi connectivity index (χ4n) is 1.93. The SMILES string of the molecule is CCOc1ccc(Br)cc1C(=O)Oc1ccccc1C(=O)OC. The Labute approximate surface area is 142 Å². The Hall–Kier alpha value is -2.34. The normalized spacial score (nSPS) is 10.0. The molecule has 0 radical (unpaired) electrons. The first-order valence-electron chi connectivity index (χ1n) is 6.88. The monoisotopic (exact) mass is 378 g/mol. The van der Waals surface area contributed by atoms with Gasteiger partial charge in [-0.2, -0.15) is 0 Å². The van der Waals surface area contributed by atoms with Crippen molar-refractivity contribution in [2.75, 3.05) is 13.7 Å². The van der Waals surface area contributed by atoms with Crippen molar-refractivity contribution in [2.24, 2.45) is 0 Å². The molecule has 0 fully saturated rings. The third-order valence-electron chi connectivity index (χ3n) is 2.96. The summed E-state index contributed by atoms with van der Waals surface area (Å²) in [6.45, 7) is 2.24. The van der Waals surface area contributed by atoms with Crippen molar-refractivity contribution in [1.82, 2.24) is 0 Å². The number of rotatable bonds is 5. The van der Waals surface area contributed by atoms with Gasteiger partial charge in [-0.15, -0.1) is 0 Å². The van der Waals surface area contributed by atoms with E-state index in [4.69, 9.17) is 9.47 Å². The molecule has 0 amide bonds. The molecule has 2 aromatic rings. The maximum atomic E-state index is 12.4. The third-order valence-corrected chi connectivity index (χ3v) is 3.45. The zero-order valence-corrected chi connectivity index (χ0v) is 14.3. The van der Waals surface area contributed by atoms with Gasteiger partial charge in [-0.3, -0.25) is 0 Å². The van der Waals surface area contributed by atoms with E-state index in [-0.39, 0.29) is 16.9 Å². The van der Waals surface area contributed by atoms with Crippen molar-refractivity contribution in [2.45, 2.75) is 6.92 Å². The molecule has 0 aliphatic heterocycles. The lowest BCUT2D eigenvalue weighted by Gasteiger charge is -2.12. The van der Waals surface area contributed by atoms with E-state index in [1.807, 2.05) is 6.92 Å². The highest BCUT2D eigenvalue weighted by Gasteiger charge is 2.19. The second kappa shape index (κ2) is 7.78. The van der Waals surface area contributed by atoms with Gasteiger partial charge in [0.1, 0.15) is 22.6 Å². The highest BCUT2D eigenvalue weighted by atomic mass is 79.9. The van der Waals surface area contributed by atoms with Crippen LogP contribution in [0.4, 0.5) is 0 Å². The van der Waals surface area contributed by atoms with Crippen molar-refractivity contribution >= 4 is 27.9 Å². The van der Waals surface area contributed by atoms with Gasteiger partial charge in [0.05, 0.1) is 13.7 Å². The van der Waals surface area contributed by atoms with Crippen LogP contribution >= 0.6 is 15.9 Å². The molecule has 0 atom stereocenters. The zero-order chi connectivity index (χ0) is 16.8. The summed E-state index contributed by atoms with van der Waals surface area (Å²) < 4.78 is 16.2. The van der Waals surface area contributed by atoms with Crippen LogP contribution in [-0.4, -0.2) is 25.7 Å². The molecule has 2 rings (SSSR count). The van der Waals surface area contributed by atoms with Gasteiger partial charge >= 0.3 is 11.9 Å². The van der Waals surface area contributed by atoms with E-state index < -0.39 is 11.9 Å². The molecule has 5 nitrogen and oxygen atoms in total. The van der Waals surface area contributed by atoms with Crippen molar-refractivity contribution in [1.29, 1.82) is 0 Å². The van der Waals surface area contributed by atoms with E-state index in [0.717, 1.165) is 0 Å². The predicted octanol–water partition coefficient (Wildman–Crippen LogP) is 3.85. The summed E-state index contributed by atoms with van der Waals surface area (Å²) in [5, 5.41) is 0. The summed E-state index contributed by atoms with van der Waals surface area (Å²) in [7, 11) is 1.27. The lowest BCUT2D eigenvalue weighted by Crippen LogP contribution is -2.13. The summed E-state index contributed by atoms with van der Waals surface area (Å²) in [5.41, 5.74) is 0.442. The third kappa shape index (κ3) is 4.10. The van der Waals surface area contributed by atoms with Gasteiger partial charge in [-0.05, 0) is 37.3 Å². The molecule has 0 bridgehead atoms. The smallest absolute Gasteiger partial charge is 0.347 e. The molecule has 6 heteroatoms. The second-order valence-electron chi connectivity index (χ2n) is 4.45. The fourth-order valence-corrected chi connectivity index (χ4v) is 2.29. The van der Waals surface area contributed by atoms with Crippen LogP contribution in [-0.2, 0) is 4.74 Å². The summed E-state index contributed by atoms with van der Waals surface area (Å²) in [6.07, 6.45) is 0. The van der Waals surface area contributed by atoms with Crippen LogP contribution in [0.15, 0.2) is 46.9 Å². The van der Waals surface area contributed by atoms with E-state index in [2.05, 4.69) is 20.7 Å². The number of hydrogen-bond donors (Lipinski definition) is 0. The van der Waals surface area contributed by atoms with Crippen LogP contribution in [0.25, 0.3) is 0 Å². The molecule has 0 aliphatic rings. The zero-order valence-electron chi connectivity index (χ0n) is 12.7. The first-order valence-corrected chi connectivity index (χ1v) is 7.68. The summed E-state index contributed by atoms with van der Waals surface area (Å²) in [6, 6.07) is 11.4. The van der Waals surface area contributed by atoms with Crippen LogP contribution in [0.3, 0.4) is 0 Å². The van der Waals surface area contributed by atoms with Gasteiger partial charge in [0.25, 0.3) is 0 Å². The Balaban J connectivity index is 2.33. The van der Waals surface area contributed by atoms with Crippen LogP contribution in [0.2, 0.25) is 0 Å². The number of methoxy groups -OCH3 is 1. The Morgan fingerprint density at radius 1 is 1.00 bits per heavy atom. The summed E-state index contributed by atoms with van der Waals surface area (Å²) in [5.74, 6) is -0.651. The van der Waals surface area contributed by atoms with Crippen molar-refractivity contribution < 1.29 is 23.8 Å². The number of esters is 2. The highest BCUT2D eigenvalue weighted by Crippen LogP contribution is 2.26. The van der Waals surface area contributed by atoms with Crippen molar-refractivity contribution in [3.05, 3.63) is 58.1 Å². The van der Waals surface area contributed by atoms with E-state index in [9.17, 15) is 9.59 Å². The van der Waals surface area contributed by atoms with E-state index in [1.165, 1.54) is 19.2 Å². The fraction of sp³-hybridized carbons (Fsp3) is 0.176. The molecule has 0 aromatic heterocycles. The van der Waals surface area contributed by atoms with Gasteiger partial charge in [0.15, 0.2) is 0 Å². The lowest BCUT2D eigenvalue weighted by atomic mass is 10.2. The molecule has 120 valence electrons. The largest absolute Gasteiger partial charge is 0.493 e. The lowest BCUT2D eigenvalue weighted by molar-refractivity contribution is 0.0593. The number of halogens is 1. The molecule has 2 aromatic carbocycles. The number of carbonyl (C=O) groups is 2. The maximum absolute atomic E-state index is 12.4. The quantitative estimate of drug-likeness (QED) is 0.583. The Bertz CT molecular complexity index is 727. The molecular weight excluding hydrogens is 364 g/mol. The van der Waals surface area contributed by atoms with Gasteiger partial charge in [0.2, 0.25) is 0 Å². The molecule has 23 heavy (non-hydrogen) atoms. The minimum atomic E-state index is -0.619. The van der Waals surface area contributed by atoms with Gasteiger partial charge in [-0.25, -0.2) is 9.59 Å². The van der Waals surface area contributed by atoms with Gasteiger partial charge in [-0.1, -0.05) is 28.1 Å². The number of ether oxygens (including phenoxy) is 3. The van der Waals surface area contributed by atoms with Gasteiger partial charge < -0.3 is 14.2 Å². The van der Waals surface area contributed by atoms with Crippen LogP contribution in [0.1, 0.15) is 27.6 Å². The molecule has 0 spiro atoms. The van der Waals surface area contributed by atoms with Crippen molar-refractivity contribution in [3.63, 3.8) is 0 Å². The summed E-state index contributed by atoms with van der Waals surface area (Å²) in [4.78, 5) is 24.2. The molecule has 0 heterocycles. The minimum absolute atomic E-state index is 0.131. The van der Waals surface area contributed by atoms with Gasteiger partial charge in [0, 0.05) is 4.47 Å². The molecule has 0 saturated carbocycles. The topological polar surface area (TPSA) is 61.8 Å². The van der Waals surface area contributed by atoms with E-state index >= 15 is 0 Å².